The van der Waals surface area contributed by atoms with Gasteiger partial charge in [-0.15, -0.1) is 0 Å². The Morgan fingerprint density at radius 2 is 0.613 bits per heavy atom. The van der Waals surface area contributed by atoms with Crippen molar-refractivity contribution in [1.29, 1.82) is 5.26 Å². The van der Waals surface area contributed by atoms with Crippen molar-refractivity contribution < 1.29 is 28.7 Å². The number of benzene rings is 14. The van der Waals surface area contributed by atoms with Crippen LogP contribution >= 0.6 is 31.9 Å². The van der Waals surface area contributed by atoms with Crippen LogP contribution in [-0.4, -0.2) is 36.6 Å². The summed E-state index contributed by atoms with van der Waals surface area (Å²) in [5.74, 6) is 0.539. The van der Waals surface area contributed by atoms with Gasteiger partial charge < -0.3 is 36.6 Å². The normalized spacial score (nSPS) is 20.8. The Morgan fingerprint density at radius 3 is 1.06 bits per heavy atom. The largest absolute Gasteiger partial charge is 0.497 e. The second kappa shape index (κ2) is 44.3. The SMILES string of the molecule is C.C=C1C=C(c2ccccc2)CC(C)(c2ccccc2)N1.CC1(c2ccccc2)CC(c2ccccc2)=C(C#N)C(=O)N1.CC1=C(c2ccc(Br)cc2)CC(C)(c2ccc(Br)cc2)NC1=O.CC1=C(c2ccc(C)cc2)CC(C)(c2ccc(C)cc2)NC1=O.CC1=C(c2cccc3ccccc23)CC(C)(c2ccc3ccccc3c2)NC1=O.COc1ccc(C2=C(C)C(=O)NC(C)(c3ccc(C)cc3)C2)cc1. The zero-order chi connectivity index (χ0) is 100. The molecule has 20 rings (SSSR count). The van der Waals surface area contributed by atoms with Gasteiger partial charge in [0.2, 0.25) is 23.6 Å². The van der Waals surface area contributed by atoms with Gasteiger partial charge in [0.1, 0.15) is 17.4 Å². The van der Waals surface area contributed by atoms with Crippen molar-refractivity contribution in [2.45, 2.75) is 169 Å². The number of hydrogen-bond acceptors (Lipinski definition) is 8. The summed E-state index contributed by atoms with van der Waals surface area (Å²) < 4.78 is 7.30. The van der Waals surface area contributed by atoms with Crippen molar-refractivity contribution in [3.63, 3.8) is 0 Å². The molecule has 6 atom stereocenters. The molecule has 0 saturated carbocycles. The molecule has 6 aliphatic heterocycles. The van der Waals surface area contributed by atoms with Gasteiger partial charge in [0.25, 0.3) is 5.91 Å². The zero-order valence-electron chi connectivity index (χ0n) is 82.7. The van der Waals surface area contributed by atoms with Crippen LogP contribution in [0.4, 0.5) is 0 Å². The van der Waals surface area contributed by atoms with Gasteiger partial charge in [-0.3, -0.25) is 24.0 Å². The molecular formula is C127H125Br2N7O6. The summed E-state index contributed by atoms with van der Waals surface area (Å²) >= 11 is 6.93. The lowest BCUT2D eigenvalue weighted by atomic mass is 9.77. The Bertz CT molecular complexity index is 7150. The highest BCUT2D eigenvalue weighted by Crippen LogP contribution is 2.47. The van der Waals surface area contributed by atoms with Crippen LogP contribution in [0.1, 0.15) is 199 Å². The fourth-order valence-electron chi connectivity index (χ4n) is 19.7. The van der Waals surface area contributed by atoms with Crippen LogP contribution in [0.25, 0.3) is 55.0 Å². The molecule has 0 saturated heterocycles. The maximum Gasteiger partial charge on any atom is 0.262 e. The van der Waals surface area contributed by atoms with Crippen molar-refractivity contribution >= 4 is 116 Å². The average molecular weight is 2010 g/mol. The number of fused-ring (bicyclic) bond motifs is 2. The van der Waals surface area contributed by atoms with Gasteiger partial charge in [-0.1, -0.05) is 372 Å². The second-order valence-electron chi connectivity index (χ2n) is 38.9. The summed E-state index contributed by atoms with van der Waals surface area (Å²) in [6.07, 6.45) is 6.80. The lowest BCUT2D eigenvalue weighted by molar-refractivity contribution is -0.120. The predicted molar refractivity (Wildman–Crippen MR) is 591 cm³/mol. The molecule has 14 aromatic carbocycles. The summed E-state index contributed by atoms with van der Waals surface area (Å²) in [4.78, 5) is 63.0. The van der Waals surface area contributed by atoms with Crippen molar-refractivity contribution in [3.05, 3.63) is 490 Å². The summed E-state index contributed by atoms with van der Waals surface area (Å²) in [5.41, 5.74) is 25.9. The molecule has 5 amide bonds. The minimum absolute atomic E-state index is 0. The highest BCUT2D eigenvalue weighted by molar-refractivity contribution is 9.10. The van der Waals surface area contributed by atoms with Gasteiger partial charge in [-0.2, -0.15) is 5.26 Å². The van der Waals surface area contributed by atoms with Crippen molar-refractivity contribution in [3.8, 4) is 11.8 Å². The van der Waals surface area contributed by atoms with E-state index in [2.05, 4.69) is 381 Å². The first-order valence-electron chi connectivity index (χ1n) is 47.9. The predicted octanol–water partition coefficient (Wildman–Crippen LogP) is 28.9. The number of amides is 5. The molecule has 14 aromatic rings. The number of allylic oxidation sites excluding steroid dienone is 1. The van der Waals surface area contributed by atoms with Crippen LogP contribution in [0.15, 0.2) is 407 Å². The van der Waals surface area contributed by atoms with Crippen molar-refractivity contribution in [2.24, 2.45) is 0 Å². The van der Waals surface area contributed by atoms with Gasteiger partial charge in [-0.05, 0) is 260 Å². The minimum Gasteiger partial charge on any atom is -0.497 e. The van der Waals surface area contributed by atoms with Crippen LogP contribution < -0.4 is 36.6 Å². The summed E-state index contributed by atoms with van der Waals surface area (Å²) in [6.45, 7) is 30.6. The number of rotatable bonds is 13. The molecule has 142 heavy (non-hydrogen) atoms. The molecule has 6 aliphatic rings. The molecule has 15 heteroatoms. The minimum atomic E-state index is -0.510. The first-order chi connectivity index (χ1) is 67.6. The maximum absolute atomic E-state index is 13.0. The molecule has 6 heterocycles. The number of aryl methyl sites for hydroxylation is 3. The number of carbonyl (C=O) groups excluding carboxylic acids is 5. The van der Waals surface area contributed by atoms with Gasteiger partial charge in [0, 0.05) is 75.5 Å². The Kier molecular flexibility index (Phi) is 32.2. The Balaban J connectivity index is 0.000000136. The molecule has 0 radical (unpaired) electrons. The summed E-state index contributed by atoms with van der Waals surface area (Å²) in [5, 5.41) is 33.5. The number of nitrogens with zero attached hydrogens (tertiary/aromatic N) is 1. The molecule has 6 unspecified atom stereocenters. The van der Waals surface area contributed by atoms with Crippen molar-refractivity contribution in [2.75, 3.05) is 7.11 Å². The quantitative estimate of drug-likeness (QED) is 0.0657. The third-order valence-corrected chi connectivity index (χ3v) is 29.3. The van der Waals surface area contributed by atoms with E-state index in [4.69, 9.17) is 4.74 Å². The molecule has 0 bridgehead atoms. The number of methoxy groups -OCH3 is 1. The number of halogens is 2. The molecule has 0 spiro atoms. The topological polar surface area (TPSA) is 191 Å². The highest BCUT2D eigenvalue weighted by Gasteiger charge is 2.43. The van der Waals surface area contributed by atoms with E-state index < -0.39 is 22.2 Å². The van der Waals surface area contributed by atoms with Crippen LogP contribution in [0.2, 0.25) is 0 Å². The van der Waals surface area contributed by atoms with Gasteiger partial charge in [0.15, 0.2) is 0 Å². The third-order valence-electron chi connectivity index (χ3n) is 28.2. The third kappa shape index (κ3) is 23.6. The molecular weight excluding hydrogens is 1880 g/mol. The number of nitrogens with one attached hydrogen (secondary N) is 6. The summed E-state index contributed by atoms with van der Waals surface area (Å²) in [7, 11) is 1.65. The van der Waals surface area contributed by atoms with E-state index in [1.165, 1.54) is 54.9 Å². The van der Waals surface area contributed by atoms with Gasteiger partial charge in [0.05, 0.1) is 40.3 Å². The lowest BCUT2D eigenvalue weighted by Gasteiger charge is -2.37. The second-order valence-corrected chi connectivity index (χ2v) is 40.7. The van der Waals surface area contributed by atoms with Crippen LogP contribution in [-0.2, 0) is 57.2 Å². The van der Waals surface area contributed by atoms with E-state index in [9.17, 15) is 29.2 Å². The fraction of sp³-hybridized carbons (Fsp3) is 0.213. The first-order valence-corrected chi connectivity index (χ1v) is 49.5. The van der Waals surface area contributed by atoms with E-state index in [1.54, 1.807) is 7.11 Å². The van der Waals surface area contributed by atoms with Crippen LogP contribution in [0.5, 0.6) is 5.75 Å². The first kappa shape index (κ1) is 103. The molecule has 0 aromatic heterocycles. The van der Waals surface area contributed by atoms with Crippen LogP contribution in [0.3, 0.4) is 0 Å². The smallest absolute Gasteiger partial charge is 0.262 e. The molecule has 718 valence electrons. The van der Waals surface area contributed by atoms with Crippen LogP contribution in [0, 0.1) is 32.1 Å². The number of carbonyl (C=O) groups is 5. The average Bonchev–Trinajstić information content (AvgIpc) is 0.736. The molecule has 13 nitrogen and oxygen atoms in total. The monoisotopic (exact) mass is 2000 g/mol. The lowest BCUT2D eigenvalue weighted by Crippen LogP contribution is -2.47. The number of hydrogen-bond donors (Lipinski definition) is 6. The van der Waals surface area contributed by atoms with Crippen molar-refractivity contribution in [1.82, 2.24) is 31.9 Å². The number of ether oxygens (including phenoxy) is 1. The van der Waals surface area contributed by atoms with E-state index in [0.717, 1.165) is 158 Å². The molecule has 0 aliphatic carbocycles. The van der Waals surface area contributed by atoms with Gasteiger partial charge >= 0.3 is 0 Å². The van der Waals surface area contributed by atoms with Gasteiger partial charge in [-0.25, -0.2) is 0 Å². The molecule has 0 fully saturated rings. The Hall–Kier alpha value is -14.8. The standard InChI is InChI=1S/C27H23NO.C21H23NO2.C21H23NO.C19H17Br2NO.C19H16N2O.C19H19N.CH4/c1-18-25(24-13-7-11-20-9-5-6-12-23(20)24)17-27(2,28-26(18)29)22-15-14-19-8-3-4-10-21(19)16-22;1-14-5-9-17(10-6-14)21(3)13-19(15(2)20(23)22-21)16-7-11-18(24-4)12-8-16;1-14-5-9-17(10-6-14)19-13-21(4,22-20(23)16(19)3)18-11-7-15(2)8-12-18;1-12-17(13-3-7-15(20)8-4-13)11-19(2,22-18(12)23)14-5-9-16(21)10-6-14;1-19(15-10-6-3-7-11-15)12-16(14-8-4-2-5-9-14)17(13-20)18(22)21-19;1-15-13-17(16-9-5-3-6-10-16)14-19(2,20-15)18-11-7-4-8-12-18;/h3-16H,17H2,1-2H3,(H,28,29);5-12H,13H2,1-4H3,(H,22,23);5-12H,13H2,1-4H3,(H,22,23);3-10H,11H2,1-2H3,(H,22,23);2-11H,12H2,1H3,(H,21,22);3-13,20H,1,14H2,2H3;1H4. The van der Waals surface area contributed by atoms with E-state index in [1.807, 2.05) is 144 Å². The maximum atomic E-state index is 13.0. The Labute approximate surface area is 854 Å². The highest BCUT2D eigenvalue weighted by atomic mass is 79.9. The van der Waals surface area contributed by atoms with E-state index >= 15 is 0 Å². The molecule has 6 N–H and O–H groups in total. The number of nitriles is 1. The summed E-state index contributed by atoms with van der Waals surface area (Å²) in [6, 6.07) is 122. The van der Waals surface area contributed by atoms with E-state index in [0.29, 0.717) is 6.42 Å². The fourth-order valence-corrected chi connectivity index (χ4v) is 20.2. The zero-order valence-corrected chi connectivity index (χ0v) is 85.8. The van der Waals surface area contributed by atoms with E-state index in [-0.39, 0.29) is 53.6 Å². The Morgan fingerprint density at radius 1 is 0.303 bits per heavy atom.